The Labute approximate surface area is 133 Å². The molecule has 1 aliphatic rings. The number of benzene rings is 1. The van der Waals surface area contributed by atoms with E-state index in [2.05, 4.69) is 41.1 Å². The maximum Gasteiger partial charge on any atom is 0.0490 e. The Kier molecular flexibility index (Phi) is 5.06. The van der Waals surface area contributed by atoms with Crippen molar-refractivity contribution in [2.75, 3.05) is 26.8 Å². The van der Waals surface area contributed by atoms with Gasteiger partial charge in [-0.05, 0) is 54.8 Å². The van der Waals surface area contributed by atoms with Gasteiger partial charge in [0.1, 0.15) is 0 Å². The predicted molar refractivity (Wildman–Crippen MR) is 90.8 cm³/mol. The van der Waals surface area contributed by atoms with Gasteiger partial charge in [0.05, 0.1) is 0 Å². The largest absolute Gasteiger partial charge is 0.384 e. The van der Waals surface area contributed by atoms with E-state index in [0.29, 0.717) is 5.92 Å². The second-order valence-corrected chi connectivity index (χ2v) is 6.56. The van der Waals surface area contributed by atoms with Gasteiger partial charge in [0, 0.05) is 38.0 Å². The van der Waals surface area contributed by atoms with E-state index in [0.717, 1.165) is 19.1 Å². The number of hydrogen-bond acceptors (Lipinski definition) is 3. The molecule has 0 aliphatic carbocycles. The van der Waals surface area contributed by atoms with E-state index >= 15 is 0 Å². The second kappa shape index (κ2) is 7.21. The fourth-order valence-electron chi connectivity index (χ4n) is 3.65. The molecule has 2 aromatic rings. The van der Waals surface area contributed by atoms with Crippen LogP contribution in [0.1, 0.15) is 25.3 Å². The fourth-order valence-corrected chi connectivity index (χ4v) is 3.65. The first-order valence-electron chi connectivity index (χ1n) is 8.31. The summed E-state index contributed by atoms with van der Waals surface area (Å²) in [5.41, 5.74) is 1.42. The van der Waals surface area contributed by atoms with Gasteiger partial charge in [-0.25, -0.2) is 0 Å². The molecule has 0 saturated carbocycles. The Bertz CT molecular complexity index is 600. The van der Waals surface area contributed by atoms with Gasteiger partial charge in [-0.1, -0.05) is 25.1 Å². The van der Waals surface area contributed by atoms with E-state index in [4.69, 9.17) is 4.74 Å². The summed E-state index contributed by atoms with van der Waals surface area (Å²) in [6.45, 7) is 6.65. The molecule has 3 rings (SSSR count). The fraction of sp³-hybridized carbons (Fsp3) is 0.526. The number of hydrogen-bond donors (Lipinski definition) is 0. The molecule has 118 valence electrons. The van der Waals surface area contributed by atoms with Crippen LogP contribution in [0.25, 0.3) is 10.8 Å². The Morgan fingerprint density at radius 1 is 1.27 bits per heavy atom. The molecule has 0 radical (unpaired) electrons. The van der Waals surface area contributed by atoms with Gasteiger partial charge in [-0.15, -0.1) is 0 Å². The molecule has 1 aromatic heterocycles. The quantitative estimate of drug-likeness (QED) is 0.841. The molecule has 3 nitrogen and oxygen atoms in total. The number of fused-ring (bicyclic) bond motifs is 1. The van der Waals surface area contributed by atoms with Crippen LogP contribution < -0.4 is 0 Å². The number of likely N-dealkylation sites (tertiary alicyclic amines) is 1. The van der Waals surface area contributed by atoms with E-state index in [1.807, 2.05) is 12.4 Å². The highest BCUT2D eigenvalue weighted by Crippen LogP contribution is 2.27. The molecule has 0 N–H and O–H groups in total. The van der Waals surface area contributed by atoms with Gasteiger partial charge >= 0.3 is 0 Å². The number of ether oxygens (including phenoxy) is 1. The third-order valence-electron chi connectivity index (χ3n) is 5.03. The van der Waals surface area contributed by atoms with Crippen LogP contribution in [-0.2, 0) is 11.3 Å². The van der Waals surface area contributed by atoms with Crippen molar-refractivity contribution in [3.8, 4) is 0 Å². The Hall–Kier alpha value is -1.45. The topological polar surface area (TPSA) is 25.4 Å². The first kappa shape index (κ1) is 15.4. The molecule has 0 bridgehead atoms. The molecule has 0 amide bonds. The first-order valence-corrected chi connectivity index (χ1v) is 8.31. The molecule has 22 heavy (non-hydrogen) atoms. The van der Waals surface area contributed by atoms with Crippen LogP contribution in [0.2, 0.25) is 0 Å². The Morgan fingerprint density at radius 3 is 2.86 bits per heavy atom. The molecule has 0 spiro atoms. The van der Waals surface area contributed by atoms with E-state index < -0.39 is 0 Å². The van der Waals surface area contributed by atoms with Crippen molar-refractivity contribution in [2.24, 2.45) is 11.8 Å². The third-order valence-corrected chi connectivity index (χ3v) is 5.03. The highest BCUT2D eigenvalue weighted by Gasteiger charge is 2.23. The first-order chi connectivity index (χ1) is 10.8. The lowest BCUT2D eigenvalue weighted by Crippen LogP contribution is -2.36. The summed E-state index contributed by atoms with van der Waals surface area (Å²) in [5.74, 6) is 1.49. The van der Waals surface area contributed by atoms with Crippen molar-refractivity contribution < 1.29 is 4.74 Å². The van der Waals surface area contributed by atoms with E-state index in [1.54, 1.807) is 7.11 Å². The van der Waals surface area contributed by atoms with Gasteiger partial charge in [-0.2, -0.15) is 0 Å². The summed E-state index contributed by atoms with van der Waals surface area (Å²) in [7, 11) is 1.81. The summed E-state index contributed by atoms with van der Waals surface area (Å²) >= 11 is 0. The maximum atomic E-state index is 5.31. The Balaban J connectivity index is 1.63. The molecule has 2 heterocycles. The minimum absolute atomic E-state index is 0.677. The van der Waals surface area contributed by atoms with E-state index in [-0.39, 0.29) is 0 Å². The lowest BCUT2D eigenvalue weighted by Gasteiger charge is -2.34. The van der Waals surface area contributed by atoms with Crippen molar-refractivity contribution in [1.82, 2.24) is 9.88 Å². The zero-order valence-corrected chi connectivity index (χ0v) is 13.7. The van der Waals surface area contributed by atoms with Gasteiger partial charge in [0.2, 0.25) is 0 Å². The molecule has 1 saturated heterocycles. The summed E-state index contributed by atoms with van der Waals surface area (Å²) in [4.78, 5) is 6.81. The standard InChI is InChI=1S/C19H26N2O/c1-15(14-22-2)16-7-10-21(11-8-16)13-18-5-3-4-17-12-20-9-6-19(17)18/h3-6,9,12,15-16H,7-8,10-11,13-14H2,1-2H3/t15-/m0/s1. The average molecular weight is 298 g/mol. The van der Waals surface area contributed by atoms with Crippen LogP contribution in [0, 0.1) is 11.8 Å². The highest BCUT2D eigenvalue weighted by molar-refractivity contribution is 5.84. The van der Waals surface area contributed by atoms with Crippen molar-refractivity contribution in [1.29, 1.82) is 0 Å². The zero-order valence-electron chi connectivity index (χ0n) is 13.7. The van der Waals surface area contributed by atoms with Crippen LogP contribution in [0.4, 0.5) is 0 Å². The maximum absolute atomic E-state index is 5.31. The monoisotopic (exact) mass is 298 g/mol. The lowest BCUT2D eigenvalue weighted by molar-refractivity contribution is 0.0881. The minimum Gasteiger partial charge on any atom is -0.384 e. The zero-order chi connectivity index (χ0) is 15.4. The van der Waals surface area contributed by atoms with Crippen molar-refractivity contribution in [3.63, 3.8) is 0 Å². The number of methoxy groups -OCH3 is 1. The summed E-state index contributed by atoms with van der Waals surface area (Å²) < 4.78 is 5.31. The normalized spacial score (nSPS) is 18.6. The molecule has 1 aliphatic heterocycles. The van der Waals surface area contributed by atoms with Crippen molar-refractivity contribution in [3.05, 3.63) is 42.2 Å². The van der Waals surface area contributed by atoms with Gasteiger partial charge in [-0.3, -0.25) is 9.88 Å². The number of piperidine rings is 1. The number of aromatic nitrogens is 1. The minimum atomic E-state index is 0.677. The van der Waals surface area contributed by atoms with E-state index in [1.165, 1.54) is 42.3 Å². The number of nitrogens with zero attached hydrogens (tertiary/aromatic N) is 2. The smallest absolute Gasteiger partial charge is 0.0490 e. The second-order valence-electron chi connectivity index (χ2n) is 6.56. The summed E-state index contributed by atoms with van der Waals surface area (Å²) in [5, 5.41) is 2.58. The Morgan fingerprint density at radius 2 is 2.09 bits per heavy atom. The average Bonchev–Trinajstić information content (AvgIpc) is 2.56. The molecular weight excluding hydrogens is 272 g/mol. The number of rotatable bonds is 5. The molecule has 3 heteroatoms. The van der Waals surface area contributed by atoms with Crippen LogP contribution in [0.15, 0.2) is 36.7 Å². The van der Waals surface area contributed by atoms with Crippen molar-refractivity contribution in [2.45, 2.75) is 26.3 Å². The summed E-state index contributed by atoms with van der Waals surface area (Å²) in [6.07, 6.45) is 6.43. The molecule has 1 atom stereocenters. The molecule has 1 aromatic carbocycles. The highest BCUT2D eigenvalue weighted by atomic mass is 16.5. The number of pyridine rings is 1. The lowest BCUT2D eigenvalue weighted by atomic mass is 9.86. The summed E-state index contributed by atoms with van der Waals surface area (Å²) in [6, 6.07) is 8.68. The van der Waals surface area contributed by atoms with E-state index in [9.17, 15) is 0 Å². The van der Waals surface area contributed by atoms with Crippen molar-refractivity contribution >= 4 is 10.8 Å². The molecule has 1 fully saturated rings. The third kappa shape index (κ3) is 3.47. The van der Waals surface area contributed by atoms with Crippen LogP contribution >= 0.6 is 0 Å². The van der Waals surface area contributed by atoms with Gasteiger partial charge in [0.15, 0.2) is 0 Å². The van der Waals surface area contributed by atoms with Crippen LogP contribution in [0.3, 0.4) is 0 Å². The van der Waals surface area contributed by atoms with Gasteiger partial charge < -0.3 is 4.74 Å². The molecular formula is C19H26N2O. The SMILES string of the molecule is COC[C@H](C)C1CCN(Cc2cccc3cnccc23)CC1. The predicted octanol–water partition coefficient (Wildman–Crippen LogP) is 3.73. The molecule has 0 unspecified atom stereocenters. The van der Waals surface area contributed by atoms with Crippen LogP contribution in [-0.4, -0.2) is 36.7 Å². The van der Waals surface area contributed by atoms with Gasteiger partial charge in [0.25, 0.3) is 0 Å². The van der Waals surface area contributed by atoms with Crippen LogP contribution in [0.5, 0.6) is 0 Å².